The molecular formula is C28H35NO2. The molecule has 1 aliphatic heterocycles. The van der Waals surface area contributed by atoms with E-state index in [0.29, 0.717) is 18.2 Å². The van der Waals surface area contributed by atoms with Crippen LogP contribution in [0.1, 0.15) is 75.0 Å². The summed E-state index contributed by atoms with van der Waals surface area (Å²) in [5, 5.41) is 0. The largest absolute Gasteiger partial charge is 0.427 e. The zero-order valence-electron chi connectivity index (χ0n) is 18.8. The Morgan fingerprint density at radius 2 is 2.00 bits per heavy atom. The van der Waals surface area contributed by atoms with Gasteiger partial charge in [-0.1, -0.05) is 56.2 Å². The summed E-state index contributed by atoms with van der Waals surface area (Å²) in [6.07, 6.45) is 10.1. The van der Waals surface area contributed by atoms with E-state index in [1.165, 1.54) is 48.9 Å². The van der Waals surface area contributed by atoms with E-state index in [1.807, 2.05) is 6.07 Å². The first-order valence-corrected chi connectivity index (χ1v) is 12.3. The van der Waals surface area contributed by atoms with Crippen molar-refractivity contribution in [3.05, 3.63) is 65.2 Å². The number of hydrogen-bond acceptors (Lipinski definition) is 3. The third-order valence-corrected chi connectivity index (χ3v) is 7.99. The molecule has 2 aromatic carbocycles. The summed E-state index contributed by atoms with van der Waals surface area (Å²) >= 11 is 0. The van der Waals surface area contributed by atoms with Gasteiger partial charge in [0.2, 0.25) is 0 Å². The Bertz CT molecular complexity index is 920. The predicted octanol–water partition coefficient (Wildman–Crippen LogP) is 5.89. The molecule has 3 heteroatoms. The van der Waals surface area contributed by atoms with Gasteiger partial charge in [-0.15, -0.1) is 0 Å². The van der Waals surface area contributed by atoms with Crippen LogP contribution in [0.5, 0.6) is 5.75 Å². The first kappa shape index (κ1) is 20.8. The van der Waals surface area contributed by atoms with Crippen LogP contribution in [-0.4, -0.2) is 30.0 Å². The molecule has 2 atom stereocenters. The highest BCUT2D eigenvalue weighted by molar-refractivity contribution is 5.72. The van der Waals surface area contributed by atoms with Crippen molar-refractivity contribution in [2.24, 2.45) is 5.92 Å². The van der Waals surface area contributed by atoms with E-state index < -0.39 is 0 Å². The fraction of sp³-hybridized carbons (Fsp3) is 0.536. The van der Waals surface area contributed by atoms with Gasteiger partial charge < -0.3 is 4.74 Å². The van der Waals surface area contributed by atoms with Crippen LogP contribution in [0.3, 0.4) is 0 Å². The molecule has 3 nitrogen and oxygen atoms in total. The highest BCUT2D eigenvalue weighted by Gasteiger charge is 2.47. The van der Waals surface area contributed by atoms with E-state index in [-0.39, 0.29) is 11.4 Å². The summed E-state index contributed by atoms with van der Waals surface area (Å²) in [5.74, 6) is 1.51. The molecule has 2 aromatic rings. The normalized spacial score (nSPS) is 25.5. The van der Waals surface area contributed by atoms with Crippen molar-refractivity contribution in [2.45, 2.75) is 76.2 Å². The lowest BCUT2D eigenvalue weighted by Gasteiger charge is -2.53. The molecule has 0 spiro atoms. The van der Waals surface area contributed by atoms with Gasteiger partial charge in [0, 0.05) is 24.4 Å². The van der Waals surface area contributed by atoms with Crippen molar-refractivity contribution >= 4 is 5.97 Å². The highest BCUT2D eigenvalue weighted by Crippen LogP contribution is 2.50. The van der Waals surface area contributed by atoms with Crippen LogP contribution in [0, 0.1) is 5.92 Å². The topological polar surface area (TPSA) is 29.5 Å². The summed E-state index contributed by atoms with van der Waals surface area (Å²) in [6.45, 7) is 4.54. The van der Waals surface area contributed by atoms with Gasteiger partial charge in [-0.3, -0.25) is 9.69 Å². The van der Waals surface area contributed by atoms with Crippen molar-refractivity contribution in [1.82, 2.24) is 4.90 Å². The molecule has 1 heterocycles. The maximum absolute atomic E-state index is 12.3. The lowest BCUT2D eigenvalue weighted by molar-refractivity contribution is -0.134. The van der Waals surface area contributed by atoms with Crippen molar-refractivity contribution < 1.29 is 9.53 Å². The molecule has 3 aliphatic rings. The van der Waals surface area contributed by atoms with Crippen molar-refractivity contribution in [1.29, 1.82) is 0 Å². The minimum Gasteiger partial charge on any atom is -0.427 e. The van der Waals surface area contributed by atoms with E-state index in [0.717, 1.165) is 38.1 Å². The van der Waals surface area contributed by atoms with Gasteiger partial charge in [0.25, 0.3) is 0 Å². The van der Waals surface area contributed by atoms with Gasteiger partial charge in [-0.05, 0) is 79.8 Å². The maximum atomic E-state index is 12.3. The average Bonchev–Trinajstić information content (AvgIpc) is 2.77. The second-order valence-corrected chi connectivity index (χ2v) is 9.95. The predicted molar refractivity (Wildman–Crippen MR) is 124 cm³/mol. The number of rotatable bonds is 7. The SMILES string of the molecule is CCCCC(=O)Oc1ccc2c(c1)C1(c3ccccc3)CCN(CC3CCC3)C(C2)C1. The molecule has 31 heavy (non-hydrogen) atoms. The number of carbonyl (C=O) groups excluding carboxylic acids is 1. The van der Waals surface area contributed by atoms with Crippen molar-refractivity contribution in [2.75, 3.05) is 13.1 Å². The fourth-order valence-electron chi connectivity index (χ4n) is 6.02. The molecular weight excluding hydrogens is 382 g/mol. The lowest BCUT2D eigenvalue weighted by Crippen LogP contribution is -2.55. The third kappa shape index (κ3) is 4.05. The number of fused-ring (bicyclic) bond motifs is 4. The van der Waals surface area contributed by atoms with Crippen LogP contribution in [0.2, 0.25) is 0 Å². The zero-order valence-corrected chi connectivity index (χ0v) is 18.8. The molecule has 164 valence electrons. The number of hydrogen-bond donors (Lipinski definition) is 0. The number of carbonyl (C=O) groups is 1. The Morgan fingerprint density at radius 1 is 1.16 bits per heavy atom. The standard InChI is InChI=1S/C28H35NO2/c1-2-3-12-27(30)31-25-14-13-22-17-24-19-28(26(22)18-25,23-10-5-4-6-11-23)15-16-29(24)20-21-8-7-9-21/h4-6,10-11,13-14,18,21,24H,2-3,7-9,12,15-17,19-20H2,1H3. The summed E-state index contributed by atoms with van der Waals surface area (Å²) in [6, 6.07) is 18.1. The fourth-order valence-corrected chi connectivity index (χ4v) is 6.02. The third-order valence-electron chi connectivity index (χ3n) is 7.99. The number of likely N-dealkylation sites (tertiary alicyclic amines) is 1. The van der Waals surface area contributed by atoms with Crippen LogP contribution in [-0.2, 0) is 16.6 Å². The molecule has 2 unspecified atom stereocenters. The zero-order chi connectivity index (χ0) is 21.3. The monoisotopic (exact) mass is 417 g/mol. The molecule has 1 saturated carbocycles. The Morgan fingerprint density at radius 3 is 2.74 bits per heavy atom. The van der Waals surface area contributed by atoms with Crippen LogP contribution < -0.4 is 4.74 Å². The average molecular weight is 418 g/mol. The van der Waals surface area contributed by atoms with Crippen LogP contribution >= 0.6 is 0 Å². The number of piperidine rings is 1. The van der Waals surface area contributed by atoms with Gasteiger partial charge in [-0.2, -0.15) is 0 Å². The van der Waals surface area contributed by atoms with Crippen molar-refractivity contribution in [3.63, 3.8) is 0 Å². The molecule has 0 aromatic heterocycles. The van der Waals surface area contributed by atoms with Crippen LogP contribution in [0.15, 0.2) is 48.5 Å². The maximum Gasteiger partial charge on any atom is 0.311 e. The number of ether oxygens (including phenoxy) is 1. The van der Waals surface area contributed by atoms with Gasteiger partial charge in [0.05, 0.1) is 0 Å². The highest BCUT2D eigenvalue weighted by atomic mass is 16.5. The molecule has 2 fully saturated rings. The lowest BCUT2D eigenvalue weighted by atomic mass is 9.60. The van der Waals surface area contributed by atoms with Crippen LogP contribution in [0.25, 0.3) is 0 Å². The molecule has 0 amide bonds. The molecule has 5 rings (SSSR count). The van der Waals surface area contributed by atoms with Crippen LogP contribution in [0.4, 0.5) is 0 Å². The second-order valence-electron chi connectivity index (χ2n) is 9.95. The summed E-state index contributed by atoms with van der Waals surface area (Å²) in [7, 11) is 0. The van der Waals surface area contributed by atoms with E-state index in [4.69, 9.17) is 4.74 Å². The van der Waals surface area contributed by atoms with E-state index in [2.05, 4.69) is 54.3 Å². The summed E-state index contributed by atoms with van der Waals surface area (Å²) in [4.78, 5) is 15.0. The first-order valence-electron chi connectivity index (χ1n) is 12.3. The Kier molecular flexibility index (Phi) is 5.88. The molecule has 2 aliphatic carbocycles. The molecule has 2 bridgehead atoms. The number of benzene rings is 2. The quantitative estimate of drug-likeness (QED) is 0.416. The summed E-state index contributed by atoms with van der Waals surface area (Å²) in [5.41, 5.74) is 4.27. The van der Waals surface area contributed by atoms with Gasteiger partial charge in [0.1, 0.15) is 5.75 Å². The smallest absolute Gasteiger partial charge is 0.311 e. The number of esters is 1. The second kappa shape index (κ2) is 8.78. The number of unbranched alkanes of at least 4 members (excludes halogenated alkanes) is 1. The van der Waals surface area contributed by atoms with Gasteiger partial charge in [0.15, 0.2) is 0 Å². The molecule has 0 radical (unpaired) electrons. The minimum atomic E-state index is -0.112. The molecule has 1 saturated heterocycles. The minimum absolute atomic E-state index is 0.0292. The molecule has 0 N–H and O–H groups in total. The Balaban J connectivity index is 1.47. The Hall–Kier alpha value is -2.13. The number of nitrogens with zero attached hydrogens (tertiary/aromatic N) is 1. The van der Waals surface area contributed by atoms with E-state index in [1.54, 1.807) is 0 Å². The van der Waals surface area contributed by atoms with Gasteiger partial charge in [-0.25, -0.2) is 0 Å². The summed E-state index contributed by atoms with van der Waals surface area (Å²) < 4.78 is 5.75. The van der Waals surface area contributed by atoms with Gasteiger partial charge >= 0.3 is 5.97 Å². The van der Waals surface area contributed by atoms with E-state index >= 15 is 0 Å². The van der Waals surface area contributed by atoms with Crippen molar-refractivity contribution in [3.8, 4) is 5.75 Å². The first-order chi connectivity index (χ1) is 15.2. The Labute approximate surface area is 186 Å². The van der Waals surface area contributed by atoms with E-state index in [9.17, 15) is 4.79 Å².